The highest BCUT2D eigenvalue weighted by Crippen LogP contribution is 2.17. The standard InChI is InChI=1S/C15H20N2O3S/c1-11(2)4-5-13-6-8-14(9-7-13)21(18,19)17-15-10-12(3)20-16-15/h6-11H,4-5H2,1-3H3,(H,16,17). The van der Waals surface area contributed by atoms with Crippen LogP contribution in [0.2, 0.25) is 0 Å². The zero-order chi connectivity index (χ0) is 15.5. The average molecular weight is 308 g/mol. The van der Waals surface area contributed by atoms with Gasteiger partial charge in [-0.25, -0.2) is 8.42 Å². The van der Waals surface area contributed by atoms with Crippen LogP contribution >= 0.6 is 0 Å². The Labute approximate surface area is 125 Å². The van der Waals surface area contributed by atoms with Gasteiger partial charge >= 0.3 is 0 Å². The van der Waals surface area contributed by atoms with E-state index in [1.54, 1.807) is 19.1 Å². The van der Waals surface area contributed by atoms with Crippen LogP contribution in [-0.4, -0.2) is 13.6 Å². The molecule has 0 saturated heterocycles. The fourth-order valence-electron chi connectivity index (χ4n) is 1.90. The lowest BCUT2D eigenvalue weighted by Crippen LogP contribution is -2.13. The summed E-state index contributed by atoms with van der Waals surface area (Å²) >= 11 is 0. The summed E-state index contributed by atoms with van der Waals surface area (Å²) in [6, 6.07) is 8.47. The number of hydrogen-bond acceptors (Lipinski definition) is 4. The molecule has 5 nitrogen and oxygen atoms in total. The van der Waals surface area contributed by atoms with E-state index >= 15 is 0 Å². The summed E-state index contributed by atoms with van der Waals surface area (Å²) in [6.07, 6.45) is 2.04. The Kier molecular flexibility index (Phi) is 4.67. The van der Waals surface area contributed by atoms with Crippen molar-refractivity contribution in [2.24, 2.45) is 5.92 Å². The summed E-state index contributed by atoms with van der Waals surface area (Å²) in [5.74, 6) is 1.37. The van der Waals surface area contributed by atoms with Gasteiger partial charge in [0.05, 0.1) is 4.90 Å². The number of sulfonamides is 1. The van der Waals surface area contributed by atoms with Crippen LogP contribution in [0.5, 0.6) is 0 Å². The molecule has 114 valence electrons. The minimum atomic E-state index is -3.62. The zero-order valence-electron chi connectivity index (χ0n) is 12.5. The minimum Gasteiger partial charge on any atom is -0.360 e. The molecule has 6 heteroatoms. The number of rotatable bonds is 6. The van der Waals surface area contributed by atoms with Crippen molar-refractivity contribution in [1.82, 2.24) is 5.16 Å². The molecule has 0 atom stereocenters. The van der Waals surface area contributed by atoms with Gasteiger partial charge in [-0.15, -0.1) is 0 Å². The summed E-state index contributed by atoms with van der Waals surface area (Å²) in [5.41, 5.74) is 1.14. The molecule has 0 unspecified atom stereocenters. The molecule has 0 aliphatic rings. The molecular weight excluding hydrogens is 288 g/mol. The summed E-state index contributed by atoms with van der Waals surface area (Å²) in [5, 5.41) is 3.63. The summed E-state index contributed by atoms with van der Waals surface area (Å²) in [4.78, 5) is 0.219. The lowest BCUT2D eigenvalue weighted by Gasteiger charge is -2.07. The quantitative estimate of drug-likeness (QED) is 0.888. The van der Waals surface area contributed by atoms with E-state index in [0.717, 1.165) is 18.4 Å². The third-order valence-corrected chi connectivity index (χ3v) is 4.48. The van der Waals surface area contributed by atoms with Gasteiger partial charge in [0.2, 0.25) is 0 Å². The largest absolute Gasteiger partial charge is 0.360 e. The fraction of sp³-hybridized carbons (Fsp3) is 0.400. The lowest BCUT2D eigenvalue weighted by molar-refractivity contribution is 0.400. The highest BCUT2D eigenvalue weighted by molar-refractivity contribution is 7.92. The second-order valence-corrected chi connectivity index (χ2v) is 7.19. The maximum absolute atomic E-state index is 12.2. The van der Waals surface area contributed by atoms with Crippen molar-refractivity contribution >= 4 is 15.8 Å². The highest BCUT2D eigenvalue weighted by atomic mass is 32.2. The van der Waals surface area contributed by atoms with Crippen molar-refractivity contribution < 1.29 is 12.9 Å². The third kappa shape index (κ3) is 4.32. The average Bonchev–Trinajstić information content (AvgIpc) is 2.81. The molecule has 2 aromatic rings. The second-order valence-electron chi connectivity index (χ2n) is 5.50. The predicted molar refractivity (Wildman–Crippen MR) is 81.6 cm³/mol. The number of aromatic nitrogens is 1. The first-order valence-electron chi connectivity index (χ1n) is 6.92. The first kappa shape index (κ1) is 15.6. The van der Waals surface area contributed by atoms with Crippen LogP contribution in [-0.2, 0) is 16.4 Å². The Balaban J connectivity index is 2.09. The fourth-order valence-corrected chi connectivity index (χ4v) is 2.89. The summed E-state index contributed by atoms with van der Waals surface area (Å²) in [6.45, 7) is 6.04. The molecule has 2 rings (SSSR count). The van der Waals surface area contributed by atoms with Gasteiger partial charge in [0.1, 0.15) is 5.76 Å². The molecule has 0 radical (unpaired) electrons. The first-order chi connectivity index (χ1) is 9.87. The number of nitrogens with one attached hydrogen (secondary N) is 1. The number of anilines is 1. The SMILES string of the molecule is Cc1cc(NS(=O)(=O)c2ccc(CCC(C)C)cc2)no1. The highest BCUT2D eigenvalue weighted by Gasteiger charge is 2.16. The van der Waals surface area contributed by atoms with Crippen molar-refractivity contribution in [2.75, 3.05) is 4.72 Å². The predicted octanol–water partition coefficient (Wildman–Crippen LogP) is 3.37. The van der Waals surface area contributed by atoms with Gasteiger partial charge in [0, 0.05) is 6.07 Å². The topological polar surface area (TPSA) is 72.2 Å². The lowest BCUT2D eigenvalue weighted by atomic mass is 10.0. The number of aryl methyl sites for hydroxylation is 2. The van der Waals surface area contributed by atoms with Gasteiger partial charge in [-0.3, -0.25) is 4.72 Å². The minimum absolute atomic E-state index is 0.191. The third-order valence-electron chi connectivity index (χ3n) is 3.11. The van der Waals surface area contributed by atoms with Crippen LogP contribution in [0.4, 0.5) is 5.82 Å². The zero-order valence-corrected chi connectivity index (χ0v) is 13.3. The molecule has 21 heavy (non-hydrogen) atoms. The molecule has 0 aliphatic heterocycles. The van der Waals surface area contributed by atoms with E-state index in [1.807, 2.05) is 12.1 Å². The van der Waals surface area contributed by atoms with E-state index in [0.29, 0.717) is 11.7 Å². The van der Waals surface area contributed by atoms with Gasteiger partial charge in [-0.2, -0.15) is 0 Å². The molecule has 1 N–H and O–H groups in total. The number of hydrogen-bond donors (Lipinski definition) is 1. The van der Waals surface area contributed by atoms with E-state index in [9.17, 15) is 8.42 Å². The van der Waals surface area contributed by atoms with Crippen LogP contribution in [0.25, 0.3) is 0 Å². The smallest absolute Gasteiger partial charge is 0.263 e. The van der Waals surface area contributed by atoms with E-state index in [2.05, 4.69) is 23.7 Å². The Bertz CT molecular complexity index is 688. The molecule has 1 heterocycles. The monoisotopic (exact) mass is 308 g/mol. The summed E-state index contributed by atoms with van der Waals surface area (Å²) < 4.78 is 31.6. The molecule has 0 fully saturated rings. The van der Waals surface area contributed by atoms with Gasteiger partial charge in [-0.1, -0.05) is 31.1 Å². The molecule has 1 aromatic heterocycles. The van der Waals surface area contributed by atoms with Gasteiger partial charge in [0.25, 0.3) is 10.0 Å². The van der Waals surface area contributed by atoms with Crippen molar-refractivity contribution in [3.8, 4) is 0 Å². The van der Waals surface area contributed by atoms with Crippen molar-refractivity contribution in [1.29, 1.82) is 0 Å². The molecule has 0 spiro atoms. The van der Waals surface area contributed by atoms with E-state index in [1.165, 1.54) is 6.07 Å². The normalized spacial score (nSPS) is 11.8. The van der Waals surface area contributed by atoms with Gasteiger partial charge in [-0.05, 0) is 43.4 Å². The van der Waals surface area contributed by atoms with Crippen molar-refractivity contribution in [3.05, 3.63) is 41.7 Å². The molecule has 0 amide bonds. The maximum atomic E-state index is 12.2. The number of benzene rings is 1. The van der Waals surface area contributed by atoms with E-state index in [-0.39, 0.29) is 10.7 Å². The van der Waals surface area contributed by atoms with Crippen LogP contribution in [0.15, 0.2) is 39.8 Å². The molecule has 1 aromatic carbocycles. The second kappa shape index (κ2) is 6.30. The van der Waals surface area contributed by atoms with Gasteiger partial charge in [0.15, 0.2) is 5.82 Å². The van der Waals surface area contributed by atoms with Crippen LogP contribution in [0.3, 0.4) is 0 Å². The van der Waals surface area contributed by atoms with Crippen LogP contribution in [0.1, 0.15) is 31.6 Å². The first-order valence-corrected chi connectivity index (χ1v) is 8.40. The number of nitrogens with zero attached hydrogens (tertiary/aromatic N) is 1. The summed E-state index contributed by atoms with van der Waals surface area (Å²) in [7, 11) is -3.62. The Hall–Kier alpha value is -1.82. The maximum Gasteiger partial charge on any atom is 0.263 e. The Morgan fingerprint density at radius 2 is 1.90 bits per heavy atom. The Morgan fingerprint density at radius 3 is 2.43 bits per heavy atom. The van der Waals surface area contributed by atoms with E-state index < -0.39 is 10.0 Å². The molecule has 0 saturated carbocycles. The van der Waals surface area contributed by atoms with Gasteiger partial charge < -0.3 is 4.52 Å². The molecular formula is C15H20N2O3S. The molecule has 0 bridgehead atoms. The van der Waals surface area contributed by atoms with Crippen molar-refractivity contribution in [3.63, 3.8) is 0 Å². The van der Waals surface area contributed by atoms with Crippen LogP contribution < -0.4 is 4.72 Å². The van der Waals surface area contributed by atoms with Crippen LogP contribution in [0, 0.1) is 12.8 Å². The molecule has 0 aliphatic carbocycles. The Morgan fingerprint density at radius 1 is 1.24 bits per heavy atom. The van der Waals surface area contributed by atoms with E-state index in [4.69, 9.17) is 4.52 Å². The van der Waals surface area contributed by atoms with Crippen molar-refractivity contribution in [2.45, 2.75) is 38.5 Å².